The third-order valence-electron chi connectivity index (χ3n) is 3.72. The van der Waals surface area contributed by atoms with Gasteiger partial charge in [-0.15, -0.1) is 0 Å². The van der Waals surface area contributed by atoms with Crippen molar-refractivity contribution in [2.75, 3.05) is 19.8 Å². The van der Waals surface area contributed by atoms with E-state index in [1.807, 2.05) is 0 Å². The molecule has 1 unspecified atom stereocenters. The molecule has 0 bridgehead atoms. The fraction of sp³-hybridized carbons (Fsp3) is 0.533. The molecule has 0 saturated carbocycles. The minimum atomic E-state index is -0.369. The number of ketones is 1. The van der Waals surface area contributed by atoms with Gasteiger partial charge in [0.1, 0.15) is 6.10 Å². The van der Waals surface area contributed by atoms with Crippen LogP contribution in [-0.2, 0) is 33.5 Å². The van der Waals surface area contributed by atoms with E-state index in [9.17, 15) is 4.79 Å². The van der Waals surface area contributed by atoms with E-state index in [-0.39, 0.29) is 11.9 Å². The predicted octanol–water partition coefficient (Wildman–Crippen LogP) is 1.70. The Hall–Kier alpha value is -1.19. The second kappa shape index (κ2) is 5.21. The number of aryl methyl sites for hydroxylation is 2. The summed E-state index contributed by atoms with van der Waals surface area (Å²) in [5.74, 6) is 0.132. The molecule has 0 aromatic heterocycles. The van der Waals surface area contributed by atoms with Crippen LogP contribution < -0.4 is 0 Å². The van der Waals surface area contributed by atoms with Crippen molar-refractivity contribution >= 4 is 5.78 Å². The van der Waals surface area contributed by atoms with Gasteiger partial charge in [-0.05, 0) is 36.0 Å². The van der Waals surface area contributed by atoms with E-state index in [0.29, 0.717) is 26.2 Å². The topological polar surface area (TPSA) is 35.5 Å². The average Bonchev–Trinajstić information content (AvgIpc) is 2.87. The van der Waals surface area contributed by atoms with Crippen LogP contribution >= 0.6 is 0 Å². The van der Waals surface area contributed by atoms with Crippen LogP contribution in [0.2, 0.25) is 0 Å². The summed E-state index contributed by atoms with van der Waals surface area (Å²) in [5.41, 5.74) is 3.97. The molecule has 3 nitrogen and oxygen atoms in total. The van der Waals surface area contributed by atoms with Crippen LogP contribution in [0, 0.1) is 0 Å². The van der Waals surface area contributed by atoms with Gasteiger partial charge in [-0.3, -0.25) is 4.79 Å². The van der Waals surface area contributed by atoms with Crippen LogP contribution in [0.4, 0.5) is 0 Å². The SMILES string of the molecule is O=C(Cc1ccc2c(c1)CCC2)C1COCCO1. The Balaban J connectivity index is 1.66. The molecule has 96 valence electrons. The van der Waals surface area contributed by atoms with Crippen LogP contribution in [0.5, 0.6) is 0 Å². The first kappa shape index (κ1) is 11.9. The van der Waals surface area contributed by atoms with Gasteiger partial charge in [-0.25, -0.2) is 0 Å². The van der Waals surface area contributed by atoms with Crippen molar-refractivity contribution < 1.29 is 14.3 Å². The maximum atomic E-state index is 12.1. The maximum absolute atomic E-state index is 12.1. The molecule has 1 aromatic carbocycles. The molecule has 1 aliphatic carbocycles. The van der Waals surface area contributed by atoms with E-state index < -0.39 is 0 Å². The fourth-order valence-corrected chi connectivity index (χ4v) is 2.72. The highest BCUT2D eigenvalue weighted by Gasteiger charge is 2.23. The molecule has 0 amide bonds. The van der Waals surface area contributed by atoms with Crippen molar-refractivity contribution in [3.8, 4) is 0 Å². The van der Waals surface area contributed by atoms with Gasteiger partial charge in [0.25, 0.3) is 0 Å². The highest BCUT2D eigenvalue weighted by Crippen LogP contribution is 2.23. The zero-order valence-electron chi connectivity index (χ0n) is 10.5. The Morgan fingerprint density at radius 2 is 2.11 bits per heavy atom. The minimum Gasteiger partial charge on any atom is -0.376 e. The van der Waals surface area contributed by atoms with E-state index in [4.69, 9.17) is 9.47 Å². The molecule has 0 radical (unpaired) electrons. The molecule has 1 aliphatic heterocycles. The van der Waals surface area contributed by atoms with Crippen LogP contribution in [0.1, 0.15) is 23.1 Å². The second-order valence-corrected chi connectivity index (χ2v) is 5.03. The number of rotatable bonds is 3. The quantitative estimate of drug-likeness (QED) is 0.814. The number of carbonyl (C=O) groups is 1. The normalized spacial score (nSPS) is 22.8. The van der Waals surface area contributed by atoms with Gasteiger partial charge in [0, 0.05) is 6.42 Å². The standard InChI is InChI=1S/C15H18O3/c16-14(15-10-17-6-7-18-15)9-11-4-5-12-2-1-3-13(12)8-11/h4-5,8,15H,1-3,6-7,9-10H2. The number of ether oxygens (including phenoxy) is 2. The lowest BCUT2D eigenvalue weighted by molar-refractivity contribution is -0.144. The summed E-state index contributed by atoms with van der Waals surface area (Å²) in [4.78, 5) is 12.1. The third kappa shape index (κ3) is 2.47. The van der Waals surface area contributed by atoms with E-state index >= 15 is 0 Å². The molecule has 3 rings (SSSR count). The zero-order valence-corrected chi connectivity index (χ0v) is 10.5. The number of benzene rings is 1. The van der Waals surface area contributed by atoms with Crippen molar-refractivity contribution in [3.05, 3.63) is 34.9 Å². The molecule has 1 atom stereocenters. The van der Waals surface area contributed by atoms with Gasteiger partial charge < -0.3 is 9.47 Å². The zero-order chi connectivity index (χ0) is 12.4. The highest BCUT2D eigenvalue weighted by molar-refractivity contribution is 5.85. The van der Waals surface area contributed by atoms with E-state index in [2.05, 4.69) is 18.2 Å². The highest BCUT2D eigenvalue weighted by atomic mass is 16.6. The Morgan fingerprint density at radius 3 is 2.94 bits per heavy atom. The number of hydrogen-bond acceptors (Lipinski definition) is 3. The van der Waals surface area contributed by atoms with Crippen molar-refractivity contribution in [1.29, 1.82) is 0 Å². The lowest BCUT2D eigenvalue weighted by Gasteiger charge is -2.21. The van der Waals surface area contributed by atoms with Crippen LogP contribution in [-0.4, -0.2) is 31.7 Å². The van der Waals surface area contributed by atoms with Gasteiger partial charge in [-0.2, -0.15) is 0 Å². The number of hydrogen-bond donors (Lipinski definition) is 0. The van der Waals surface area contributed by atoms with E-state index in [0.717, 1.165) is 12.0 Å². The molecule has 1 aromatic rings. The largest absolute Gasteiger partial charge is 0.376 e. The van der Waals surface area contributed by atoms with Crippen LogP contribution in [0.25, 0.3) is 0 Å². The smallest absolute Gasteiger partial charge is 0.168 e. The summed E-state index contributed by atoms with van der Waals surface area (Å²) in [6, 6.07) is 6.43. The van der Waals surface area contributed by atoms with E-state index in [1.165, 1.54) is 24.0 Å². The fourth-order valence-electron chi connectivity index (χ4n) is 2.72. The minimum absolute atomic E-state index is 0.132. The Kier molecular flexibility index (Phi) is 3.43. The lowest BCUT2D eigenvalue weighted by Crippen LogP contribution is -2.36. The molecule has 0 N–H and O–H groups in total. The summed E-state index contributed by atoms with van der Waals surface area (Å²) in [6.45, 7) is 1.53. The van der Waals surface area contributed by atoms with Gasteiger partial charge in [-0.1, -0.05) is 18.2 Å². The number of fused-ring (bicyclic) bond motifs is 1. The summed E-state index contributed by atoms with van der Waals surface area (Å²) in [5, 5.41) is 0. The summed E-state index contributed by atoms with van der Waals surface area (Å²) >= 11 is 0. The van der Waals surface area contributed by atoms with Gasteiger partial charge in [0.05, 0.1) is 19.8 Å². The van der Waals surface area contributed by atoms with Crippen LogP contribution in [0.15, 0.2) is 18.2 Å². The molecule has 1 heterocycles. The first-order valence-electron chi connectivity index (χ1n) is 6.66. The lowest BCUT2D eigenvalue weighted by atomic mass is 10.0. The monoisotopic (exact) mass is 246 g/mol. The number of carbonyl (C=O) groups excluding carboxylic acids is 1. The molecular formula is C15H18O3. The maximum Gasteiger partial charge on any atom is 0.168 e. The molecule has 1 fully saturated rings. The second-order valence-electron chi connectivity index (χ2n) is 5.03. The molecule has 18 heavy (non-hydrogen) atoms. The molecule has 3 heteroatoms. The first-order valence-corrected chi connectivity index (χ1v) is 6.66. The average molecular weight is 246 g/mol. The molecule has 2 aliphatic rings. The Labute approximate surface area is 107 Å². The van der Waals surface area contributed by atoms with Crippen molar-refractivity contribution in [2.45, 2.75) is 31.8 Å². The first-order chi connectivity index (χ1) is 8.83. The van der Waals surface area contributed by atoms with Crippen LogP contribution in [0.3, 0.4) is 0 Å². The number of Topliss-reactive ketones (excluding diaryl/α,β-unsaturated/α-hetero) is 1. The van der Waals surface area contributed by atoms with Gasteiger partial charge in [0.15, 0.2) is 5.78 Å². The molecule has 1 saturated heterocycles. The summed E-state index contributed by atoms with van der Waals surface area (Å²) < 4.78 is 10.7. The van der Waals surface area contributed by atoms with Crippen molar-refractivity contribution in [3.63, 3.8) is 0 Å². The molecular weight excluding hydrogens is 228 g/mol. The van der Waals surface area contributed by atoms with Crippen molar-refractivity contribution in [1.82, 2.24) is 0 Å². The summed E-state index contributed by atoms with van der Waals surface area (Å²) in [7, 11) is 0. The Bertz CT molecular complexity index is 447. The van der Waals surface area contributed by atoms with Crippen molar-refractivity contribution in [2.24, 2.45) is 0 Å². The van der Waals surface area contributed by atoms with Gasteiger partial charge in [0.2, 0.25) is 0 Å². The molecule has 0 spiro atoms. The third-order valence-corrected chi connectivity index (χ3v) is 3.72. The summed E-state index contributed by atoms with van der Waals surface area (Å²) in [6.07, 6.45) is 3.67. The predicted molar refractivity (Wildman–Crippen MR) is 67.7 cm³/mol. The van der Waals surface area contributed by atoms with E-state index in [1.54, 1.807) is 0 Å². The Morgan fingerprint density at radius 1 is 1.22 bits per heavy atom. The van der Waals surface area contributed by atoms with Gasteiger partial charge >= 0.3 is 0 Å².